The Balaban J connectivity index is 4.20. The van der Waals surface area contributed by atoms with E-state index in [-0.39, 0.29) is 12.3 Å². The molecular formula is C8H20N2O2S. The van der Waals surface area contributed by atoms with E-state index in [1.165, 1.54) is 0 Å². The summed E-state index contributed by atoms with van der Waals surface area (Å²) in [6.45, 7) is 2.24. The molecule has 0 spiro atoms. The van der Waals surface area contributed by atoms with Crippen molar-refractivity contribution < 1.29 is 8.42 Å². The number of nitrogens with one attached hydrogen (secondary N) is 1. The number of nitrogens with two attached hydrogens (primary N) is 1. The van der Waals surface area contributed by atoms with Crippen LogP contribution in [0, 0.1) is 0 Å². The zero-order valence-corrected chi connectivity index (χ0v) is 9.23. The van der Waals surface area contributed by atoms with Crippen LogP contribution < -0.4 is 11.1 Å². The lowest BCUT2D eigenvalue weighted by Crippen LogP contribution is -2.37. The zero-order valence-electron chi connectivity index (χ0n) is 8.41. The van der Waals surface area contributed by atoms with Crippen molar-refractivity contribution >= 4 is 9.84 Å². The number of hydrogen-bond acceptors (Lipinski definition) is 4. The zero-order chi connectivity index (χ0) is 10.3. The molecule has 0 radical (unpaired) electrons. The van der Waals surface area contributed by atoms with Crippen LogP contribution in [-0.4, -0.2) is 33.1 Å². The van der Waals surface area contributed by atoms with Gasteiger partial charge >= 0.3 is 0 Å². The van der Waals surface area contributed by atoms with E-state index in [1.807, 2.05) is 6.92 Å². The van der Waals surface area contributed by atoms with Crippen LogP contribution in [0.5, 0.6) is 0 Å². The first-order valence-corrected chi connectivity index (χ1v) is 6.39. The monoisotopic (exact) mass is 208 g/mol. The van der Waals surface area contributed by atoms with E-state index in [4.69, 9.17) is 5.73 Å². The van der Waals surface area contributed by atoms with E-state index in [0.717, 1.165) is 12.8 Å². The highest BCUT2D eigenvalue weighted by atomic mass is 32.2. The second kappa shape index (κ2) is 6.34. The molecule has 3 N–H and O–H groups in total. The van der Waals surface area contributed by atoms with Gasteiger partial charge in [-0.25, -0.2) is 8.42 Å². The van der Waals surface area contributed by atoms with Crippen molar-refractivity contribution in [1.29, 1.82) is 0 Å². The summed E-state index contributed by atoms with van der Waals surface area (Å²) in [7, 11) is -1.36. The second-order valence-electron chi connectivity index (χ2n) is 3.08. The number of sulfone groups is 1. The van der Waals surface area contributed by atoms with Crippen LogP contribution in [0.25, 0.3) is 0 Å². The van der Waals surface area contributed by atoms with Gasteiger partial charge in [-0.2, -0.15) is 0 Å². The van der Waals surface area contributed by atoms with Crippen molar-refractivity contribution in [3.63, 3.8) is 0 Å². The smallest absolute Gasteiger partial charge is 0.167 e. The van der Waals surface area contributed by atoms with Gasteiger partial charge < -0.3 is 11.1 Å². The molecule has 0 rings (SSSR count). The minimum atomic E-state index is -3.03. The third-order valence-corrected chi connectivity index (χ3v) is 4.12. The highest BCUT2D eigenvalue weighted by molar-refractivity contribution is 7.92. The molecule has 13 heavy (non-hydrogen) atoms. The maximum Gasteiger partial charge on any atom is 0.167 e. The van der Waals surface area contributed by atoms with Crippen molar-refractivity contribution in [3.8, 4) is 0 Å². The van der Waals surface area contributed by atoms with Crippen LogP contribution in [0.15, 0.2) is 0 Å². The van der Waals surface area contributed by atoms with Gasteiger partial charge in [0.15, 0.2) is 9.84 Å². The van der Waals surface area contributed by atoms with E-state index < -0.39 is 15.2 Å². The van der Waals surface area contributed by atoms with Crippen LogP contribution in [0.4, 0.5) is 0 Å². The minimum Gasteiger partial charge on any atom is -0.329 e. The first-order valence-electron chi connectivity index (χ1n) is 4.67. The van der Waals surface area contributed by atoms with E-state index in [9.17, 15) is 8.42 Å². The summed E-state index contributed by atoms with van der Waals surface area (Å²) >= 11 is 0. The Bertz CT molecular complexity index is 214. The second-order valence-corrected chi connectivity index (χ2v) is 5.38. The predicted octanol–water partition coefficient (Wildman–Crippen LogP) is 0.0956. The highest BCUT2D eigenvalue weighted by Crippen LogP contribution is 2.07. The molecule has 1 atom stereocenters. The first-order chi connectivity index (χ1) is 6.08. The maximum atomic E-state index is 11.5. The molecule has 0 aromatic carbocycles. The van der Waals surface area contributed by atoms with Gasteiger partial charge in [0, 0.05) is 6.54 Å². The van der Waals surface area contributed by atoms with Crippen molar-refractivity contribution in [2.24, 2.45) is 5.73 Å². The molecule has 0 aliphatic rings. The Labute approximate surface area is 80.8 Å². The quantitative estimate of drug-likeness (QED) is 0.622. The molecule has 0 bridgehead atoms. The van der Waals surface area contributed by atoms with Crippen molar-refractivity contribution in [1.82, 2.24) is 5.32 Å². The molecule has 1 unspecified atom stereocenters. The summed E-state index contributed by atoms with van der Waals surface area (Å²) < 4.78 is 23.1. The molecule has 0 heterocycles. The Morgan fingerprint density at radius 2 is 2.08 bits per heavy atom. The Morgan fingerprint density at radius 1 is 1.46 bits per heavy atom. The van der Waals surface area contributed by atoms with E-state index >= 15 is 0 Å². The number of hydrogen-bond donors (Lipinski definition) is 2. The standard InChI is InChI=1S/C8H20N2O2S/c1-3-4-5-8(10-2)13(11,12)7-6-9/h8,10H,3-7,9H2,1-2H3. The average molecular weight is 208 g/mol. The summed E-state index contributed by atoms with van der Waals surface area (Å²) in [4.78, 5) is 0. The molecule has 80 valence electrons. The van der Waals surface area contributed by atoms with Gasteiger partial charge in [0.1, 0.15) is 5.37 Å². The van der Waals surface area contributed by atoms with Crippen molar-refractivity contribution in [2.45, 2.75) is 31.6 Å². The molecule has 0 saturated carbocycles. The molecule has 0 saturated heterocycles. The lowest BCUT2D eigenvalue weighted by molar-refractivity contribution is 0.540. The number of rotatable bonds is 7. The summed E-state index contributed by atoms with van der Waals surface area (Å²) in [5, 5.41) is 2.40. The van der Waals surface area contributed by atoms with Gasteiger partial charge in [0.2, 0.25) is 0 Å². The molecule has 5 heteroatoms. The lowest BCUT2D eigenvalue weighted by Gasteiger charge is -2.15. The molecule has 0 aromatic rings. The largest absolute Gasteiger partial charge is 0.329 e. The van der Waals surface area contributed by atoms with Crippen LogP contribution in [0.2, 0.25) is 0 Å². The summed E-state index contributed by atoms with van der Waals surface area (Å²) in [5.74, 6) is 0.0716. The predicted molar refractivity (Wildman–Crippen MR) is 55.2 cm³/mol. The third kappa shape index (κ3) is 4.59. The summed E-state index contributed by atoms with van der Waals surface area (Å²) in [6, 6.07) is 0. The van der Waals surface area contributed by atoms with Gasteiger partial charge in [0.25, 0.3) is 0 Å². The topological polar surface area (TPSA) is 72.2 Å². The lowest BCUT2D eigenvalue weighted by atomic mass is 10.2. The van der Waals surface area contributed by atoms with E-state index in [0.29, 0.717) is 6.42 Å². The molecule has 0 amide bonds. The first kappa shape index (κ1) is 12.9. The molecule has 0 aliphatic carbocycles. The SMILES string of the molecule is CCCCC(NC)S(=O)(=O)CCN. The summed E-state index contributed by atoms with van der Waals surface area (Å²) in [6.07, 6.45) is 2.61. The summed E-state index contributed by atoms with van der Waals surface area (Å²) in [5.41, 5.74) is 5.23. The normalized spacial score (nSPS) is 14.4. The van der Waals surface area contributed by atoms with Crippen LogP contribution >= 0.6 is 0 Å². The van der Waals surface area contributed by atoms with Gasteiger partial charge in [-0.05, 0) is 13.5 Å². The van der Waals surface area contributed by atoms with Crippen LogP contribution in [-0.2, 0) is 9.84 Å². The Morgan fingerprint density at radius 3 is 2.46 bits per heavy atom. The van der Waals surface area contributed by atoms with Crippen LogP contribution in [0.1, 0.15) is 26.2 Å². The van der Waals surface area contributed by atoms with Gasteiger partial charge in [-0.15, -0.1) is 0 Å². The number of unbranched alkanes of at least 4 members (excludes halogenated alkanes) is 1. The Hall–Kier alpha value is -0.130. The highest BCUT2D eigenvalue weighted by Gasteiger charge is 2.21. The molecular weight excluding hydrogens is 188 g/mol. The van der Waals surface area contributed by atoms with Gasteiger partial charge in [-0.1, -0.05) is 19.8 Å². The molecule has 0 aliphatic heterocycles. The fourth-order valence-electron chi connectivity index (χ4n) is 1.20. The van der Waals surface area contributed by atoms with Crippen LogP contribution in [0.3, 0.4) is 0 Å². The molecule has 0 fully saturated rings. The van der Waals surface area contributed by atoms with E-state index in [1.54, 1.807) is 7.05 Å². The maximum absolute atomic E-state index is 11.5. The van der Waals surface area contributed by atoms with Crippen molar-refractivity contribution in [2.75, 3.05) is 19.3 Å². The van der Waals surface area contributed by atoms with Crippen molar-refractivity contribution in [3.05, 3.63) is 0 Å². The fraction of sp³-hybridized carbons (Fsp3) is 1.00. The van der Waals surface area contributed by atoms with Gasteiger partial charge in [-0.3, -0.25) is 0 Å². The molecule has 0 aromatic heterocycles. The average Bonchev–Trinajstić information content (AvgIpc) is 2.05. The Kier molecular flexibility index (Phi) is 6.28. The third-order valence-electron chi connectivity index (χ3n) is 1.98. The fourth-order valence-corrected chi connectivity index (χ4v) is 2.70. The van der Waals surface area contributed by atoms with E-state index in [2.05, 4.69) is 5.32 Å². The van der Waals surface area contributed by atoms with Gasteiger partial charge in [0.05, 0.1) is 5.75 Å². The minimum absolute atomic E-state index is 0.0716. The molecule has 4 nitrogen and oxygen atoms in total.